The summed E-state index contributed by atoms with van der Waals surface area (Å²) in [5.41, 5.74) is 4.48. The Kier molecular flexibility index (Phi) is 5.68. The molecular formula is C24H20FNO5. The average molecular weight is 421 g/mol. The van der Waals surface area contributed by atoms with E-state index in [2.05, 4.69) is 5.32 Å². The van der Waals surface area contributed by atoms with Crippen molar-refractivity contribution in [2.75, 3.05) is 6.61 Å². The number of carbonyl (C=O) groups excluding carboxylic acids is 1. The first-order chi connectivity index (χ1) is 15.0. The van der Waals surface area contributed by atoms with Gasteiger partial charge in [-0.2, -0.15) is 0 Å². The van der Waals surface area contributed by atoms with Gasteiger partial charge in [-0.05, 0) is 39.9 Å². The number of hydrogen-bond donors (Lipinski definition) is 3. The largest absolute Gasteiger partial charge is 0.479 e. The molecule has 1 aliphatic carbocycles. The van der Waals surface area contributed by atoms with Crippen LogP contribution in [0.15, 0.2) is 72.8 Å². The van der Waals surface area contributed by atoms with Crippen molar-refractivity contribution in [1.82, 2.24) is 5.32 Å². The first-order valence-electron chi connectivity index (χ1n) is 9.73. The van der Waals surface area contributed by atoms with Gasteiger partial charge in [-0.1, -0.05) is 60.7 Å². The summed E-state index contributed by atoms with van der Waals surface area (Å²) in [5.74, 6) is -2.20. The lowest BCUT2D eigenvalue weighted by Crippen LogP contribution is -2.40. The lowest BCUT2D eigenvalue weighted by molar-refractivity contribution is -0.148. The van der Waals surface area contributed by atoms with Crippen molar-refractivity contribution < 1.29 is 28.9 Å². The Morgan fingerprint density at radius 3 is 2.03 bits per heavy atom. The molecule has 0 aromatic heterocycles. The number of hydrogen-bond acceptors (Lipinski definition) is 4. The Morgan fingerprint density at radius 2 is 1.48 bits per heavy atom. The molecule has 31 heavy (non-hydrogen) atoms. The van der Waals surface area contributed by atoms with Crippen molar-refractivity contribution in [2.45, 2.75) is 18.1 Å². The summed E-state index contributed by atoms with van der Waals surface area (Å²) in [7, 11) is 0. The average Bonchev–Trinajstić information content (AvgIpc) is 3.10. The number of alkyl carbamates (subject to hydrolysis) is 1. The van der Waals surface area contributed by atoms with Crippen LogP contribution in [0.25, 0.3) is 11.1 Å². The van der Waals surface area contributed by atoms with Gasteiger partial charge in [0.05, 0.1) is 6.04 Å². The molecule has 0 aliphatic heterocycles. The molecule has 0 fully saturated rings. The van der Waals surface area contributed by atoms with Crippen LogP contribution in [0.1, 0.15) is 28.7 Å². The van der Waals surface area contributed by atoms with Gasteiger partial charge < -0.3 is 20.3 Å². The van der Waals surface area contributed by atoms with Crippen LogP contribution in [0.2, 0.25) is 0 Å². The Bertz CT molecular complexity index is 1070. The quantitative estimate of drug-likeness (QED) is 0.562. The fourth-order valence-corrected chi connectivity index (χ4v) is 3.92. The van der Waals surface area contributed by atoms with Gasteiger partial charge in [-0.3, -0.25) is 0 Å². The smallest absolute Gasteiger partial charge is 0.407 e. The first-order valence-corrected chi connectivity index (χ1v) is 9.73. The normalized spacial score (nSPS) is 14.3. The number of carboxylic acid groups (broad SMARTS) is 1. The third-order valence-electron chi connectivity index (χ3n) is 5.41. The maximum Gasteiger partial charge on any atom is 0.407 e. The molecule has 0 saturated carbocycles. The zero-order valence-electron chi connectivity index (χ0n) is 16.4. The van der Waals surface area contributed by atoms with E-state index >= 15 is 0 Å². The lowest BCUT2D eigenvalue weighted by atomic mass is 9.98. The second kappa shape index (κ2) is 8.57. The molecule has 0 radical (unpaired) electrons. The van der Waals surface area contributed by atoms with Crippen molar-refractivity contribution in [3.63, 3.8) is 0 Å². The molecular weight excluding hydrogens is 401 g/mol. The number of ether oxygens (including phenoxy) is 1. The summed E-state index contributed by atoms with van der Waals surface area (Å²) in [4.78, 5) is 23.8. The number of aliphatic hydroxyl groups excluding tert-OH is 1. The molecule has 0 unspecified atom stereocenters. The predicted molar refractivity (Wildman–Crippen MR) is 111 cm³/mol. The minimum Gasteiger partial charge on any atom is -0.479 e. The summed E-state index contributed by atoms with van der Waals surface area (Å²) in [6, 6.07) is 19.3. The second-order valence-electron chi connectivity index (χ2n) is 7.28. The molecule has 158 valence electrons. The number of aliphatic hydroxyl groups is 1. The highest BCUT2D eigenvalue weighted by atomic mass is 19.1. The van der Waals surface area contributed by atoms with E-state index < -0.39 is 30.0 Å². The van der Waals surface area contributed by atoms with E-state index in [-0.39, 0.29) is 18.1 Å². The van der Waals surface area contributed by atoms with E-state index in [4.69, 9.17) is 4.74 Å². The van der Waals surface area contributed by atoms with Gasteiger partial charge in [0.15, 0.2) is 6.10 Å². The van der Waals surface area contributed by atoms with Crippen LogP contribution in [-0.4, -0.2) is 35.0 Å². The summed E-state index contributed by atoms with van der Waals surface area (Å²) in [6.45, 7) is 0.0408. The molecule has 1 aliphatic rings. The first kappa shape index (κ1) is 20.6. The van der Waals surface area contributed by atoms with Crippen molar-refractivity contribution >= 4 is 12.1 Å². The number of rotatable bonds is 6. The molecule has 0 heterocycles. The molecule has 0 spiro atoms. The number of aliphatic carboxylic acids is 1. The van der Waals surface area contributed by atoms with Crippen molar-refractivity contribution in [3.05, 3.63) is 95.3 Å². The number of fused-ring (bicyclic) bond motifs is 3. The van der Waals surface area contributed by atoms with Crippen molar-refractivity contribution in [2.24, 2.45) is 0 Å². The van der Waals surface area contributed by atoms with E-state index in [1.165, 1.54) is 12.1 Å². The van der Waals surface area contributed by atoms with Gasteiger partial charge >= 0.3 is 12.1 Å². The zero-order chi connectivity index (χ0) is 22.0. The SMILES string of the molecule is O=C(N[C@H](c1ccc(F)cc1)[C@@H](O)C(=O)O)OCC1c2ccccc2-c2ccccc21. The fourth-order valence-electron chi connectivity index (χ4n) is 3.92. The molecule has 7 heteroatoms. The Morgan fingerprint density at radius 1 is 0.935 bits per heavy atom. The molecule has 3 aromatic carbocycles. The fraction of sp³-hybridized carbons (Fsp3) is 0.167. The van der Waals surface area contributed by atoms with Gasteiger partial charge in [0.1, 0.15) is 12.4 Å². The van der Waals surface area contributed by atoms with E-state index in [0.29, 0.717) is 0 Å². The van der Waals surface area contributed by atoms with Crippen LogP contribution in [0, 0.1) is 5.82 Å². The highest BCUT2D eigenvalue weighted by Gasteiger charge is 2.32. The zero-order valence-corrected chi connectivity index (χ0v) is 16.4. The third-order valence-corrected chi connectivity index (χ3v) is 5.41. The number of carbonyl (C=O) groups is 2. The molecule has 2 atom stereocenters. The number of carboxylic acids is 1. The number of nitrogens with one attached hydrogen (secondary N) is 1. The Balaban J connectivity index is 1.50. The third kappa shape index (κ3) is 4.13. The molecule has 3 N–H and O–H groups in total. The lowest BCUT2D eigenvalue weighted by Gasteiger charge is -2.22. The number of benzene rings is 3. The maximum atomic E-state index is 13.2. The Labute approximate surface area is 177 Å². The van der Waals surface area contributed by atoms with E-state index in [1.54, 1.807) is 0 Å². The standard InChI is InChI=1S/C24H20FNO5/c25-15-11-9-14(10-12-15)21(22(27)23(28)29)26-24(30)31-13-20-18-7-3-1-5-16(18)17-6-2-4-8-19(17)20/h1-12,20-22,27H,13H2,(H,26,30)(H,28,29)/t21-,22-/m1/s1. The van der Waals surface area contributed by atoms with Crippen LogP contribution in [-0.2, 0) is 9.53 Å². The second-order valence-corrected chi connectivity index (χ2v) is 7.28. The highest BCUT2D eigenvalue weighted by Crippen LogP contribution is 2.44. The van der Waals surface area contributed by atoms with Gasteiger partial charge in [-0.15, -0.1) is 0 Å². The molecule has 3 aromatic rings. The number of halogens is 1. The molecule has 0 saturated heterocycles. The summed E-state index contributed by atoms with van der Waals surface area (Å²) < 4.78 is 18.6. The van der Waals surface area contributed by atoms with Crippen molar-refractivity contribution in [1.29, 1.82) is 0 Å². The van der Waals surface area contributed by atoms with Gasteiger partial charge in [0, 0.05) is 5.92 Å². The van der Waals surface area contributed by atoms with Crippen LogP contribution in [0.3, 0.4) is 0 Å². The topological polar surface area (TPSA) is 95.9 Å². The van der Waals surface area contributed by atoms with Crippen LogP contribution in [0.4, 0.5) is 9.18 Å². The van der Waals surface area contributed by atoms with E-state index in [1.807, 2.05) is 48.5 Å². The van der Waals surface area contributed by atoms with Gasteiger partial charge in [0.2, 0.25) is 0 Å². The summed E-state index contributed by atoms with van der Waals surface area (Å²) in [5, 5.41) is 21.6. The molecule has 1 amide bonds. The van der Waals surface area contributed by atoms with Crippen LogP contribution < -0.4 is 5.32 Å². The number of amides is 1. The Hall–Kier alpha value is -3.71. The van der Waals surface area contributed by atoms with E-state index in [9.17, 15) is 24.2 Å². The molecule has 4 rings (SSSR count). The van der Waals surface area contributed by atoms with Gasteiger partial charge in [-0.25, -0.2) is 14.0 Å². The van der Waals surface area contributed by atoms with Crippen molar-refractivity contribution in [3.8, 4) is 11.1 Å². The summed E-state index contributed by atoms with van der Waals surface area (Å²) >= 11 is 0. The van der Waals surface area contributed by atoms with E-state index in [0.717, 1.165) is 34.4 Å². The predicted octanol–water partition coefficient (Wildman–Crippen LogP) is 3.85. The highest BCUT2D eigenvalue weighted by molar-refractivity contribution is 5.79. The minimum absolute atomic E-state index is 0.0408. The monoisotopic (exact) mass is 421 g/mol. The van der Waals surface area contributed by atoms with Crippen LogP contribution in [0.5, 0.6) is 0 Å². The van der Waals surface area contributed by atoms with Crippen LogP contribution >= 0.6 is 0 Å². The maximum absolute atomic E-state index is 13.2. The molecule has 6 nitrogen and oxygen atoms in total. The minimum atomic E-state index is -1.93. The van der Waals surface area contributed by atoms with Gasteiger partial charge in [0.25, 0.3) is 0 Å². The molecule has 0 bridgehead atoms. The summed E-state index contributed by atoms with van der Waals surface area (Å²) in [6.07, 6.45) is -2.80.